The van der Waals surface area contributed by atoms with E-state index in [2.05, 4.69) is 10.1 Å². The zero-order valence-corrected chi connectivity index (χ0v) is 9.49. The number of aromatic nitrogens is 2. The number of halogens is 1. The Labute approximate surface area is 96.9 Å². The van der Waals surface area contributed by atoms with Crippen LogP contribution in [0.25, 0.3) is 11.5 Å². The molecule has 0 aliphatic heterocycles. The molecule has 0 radical (unpaired) electrons. The molecule has 2 rings (SSSR count). The largest absolute Gasteiger partial charge is 0.497 e. The van der Waals surface area contributed by atoms with Gasteiger partial charge in [0.2, 0.25) is 0 Å². The summed E-state index contributed by atoms with van der Waals surface area (Å²) in [6, 6.07) is 5.26. The van der Waals surface area contributed by atoms with Gasteiger partial charge in [0.15, 0.2) is 0 Å². The summed E-state index contributed by atoms with van der Waals surface area (Å²) in [4.78, 5) is 3.91. The van der Waals surface area contributed by atoms with E-state index in [-0.39, 0.29) is 5.28 Å². The molecule has 0 atom stereocenters. The fourth-order valence-corrected chi connectivity index (χ4v) is 1.36. The SMILES string of the molecule is COc1cc(OC)cc(-c2nc(Cl)no2)c1. The van der Waals surface area contributed by atoms with Crippen LogP contribution in [0.2, 0.25) is 5.28 Å². The third-order valence-corrected chi connectivity index (χ3v) is 2.15. The first kappa shape index (κ1) is 10.8. The number of hydrogen-bond donors (Lipinski definition) is 0. The van der Waals surface area contributed by atoms with Crippen molar-refractivity contribution in [2.75, 3.05) is 14.2 Å². The van der Waals surface area contributed by atoms with Gasteiger partial charge in [-0.05, 0) is 28.9 Å². The number of nitrogens with zero attached hydrogens (tertiary/aromatic N) is 2. The van der Waals surface area contributed by atoms with E-state index in [1.54, 1.807) is 32.4 Å². The zero-order valence-electron chi connectivity index (χ0n) is 8.73. The van der Waals surface area contributed by atoms with Gasteiger partial charge in [0.05, 0.1) is 14.2 Å². The summed E-state index contributed by atoms with van der Waals surface area (Å²) in [6.07, 6.45) is 0. The van der Waals surface area contributed by atoms with Crippen molar-refractivity contribution < 1.29 is 14.0 Å². The van der Waals surface area contributed by atoms with Gasteiger partial charge in [0.25, 0.3) is 11.2 Å². The molecule has 0 aliphatic rings. The van der Waals surface area contributed by atoms with E-state index in [9.17, 15) is 0 Å². The van der Waals surface area contributed by atoms with Crippen LogP contribution in [0.15, 0.2) is 22.7 Å². The highest BCUT2D eigenvalue weighted by Gasteiger charge is 2.10. The van der Waals surface area contributed by atoms with E-state index in [1.807, 2.05) is 0 Å². The number of benzene rings is 1. The Hall–Kier alpha value is -1.75. The maximum atomic E-state index is 5.58. The molecule has 0 saturated carbocycles. The first-order valence-corrected chi connectivity index (χ1v) is 4.83. The van der Waals surface area contributed by atoms with Gasteiger partial charge in [0, 0.05) is 11.6 Å². The lowest BCUT2D eigenvalue weighted by molar-refractivity contribution is 0.393. The third-order valence-electron chi connectivity index (χ3n) is 2.00. The molecule has 0 saturated heterocycles. The maximum absolute atomic E-state index is 5.58. The summed E-state index contributed by atoms with van der Waals surface area (Å²) < 4.78 is 15.2. The standard InChI is InChI=1S/C10H9ClN2O3/c1-14-7-3-6(4-8(5-7)15-2)9-12-10(11)13-16-9/h3-5H,1-2H3. The Morgan fingerprint density at radius 1 is 1.12 bits per heavy atom. The Bertz CT molecular complexity index is 476. The summed E-state index contributed by atoms with van der Waals surface area (Å²) in [5, 5.41) is 3.57. The highest BCUT2D eigenvalue weighted by Crippen LogP contribution is 2.29. The van der Waals surface area contributed by atoms with Crippen molar-refractivity contribution in [1.82, 2.24) is 10.1 Å². The molecule has 0 bridgehead atoms. The topological polar surface area (TPSA) is 57.4 Å². The van der Waals surface area contributed by atoms with Crippen LogP contribution in [0.1, 0.15) is 0 Å². The van der Waals surface area contributed by atoms with E-state index >= 15 is 0 Å². The van der Waals surface area contributed by atoms with E-state index in [1.165, 1.54) is 0 Å². The number of hydrogen-bond acceptors (Lipinski definition) is 5. The second-order valence-electron chi connectivity index (χ2n) is 2.97. The average Bonchev–Trinajstić information content (AvgIpc) is 2.75. The number of rotatable bonds is 3. The van der Waals surface area contributed by atoms with E-state index in [0.29, 0.717) is 23.0 Å². The summed E-state index contributed by atoms with van der Waals surface area (Å²) in [6.45, 7) is 0. The monoisotopic (exact) mass is 240 g/mol. The summed E-state index contributed by atoms with van der Waals surface area (Å²) in [7, 11) is 3.14. The Morgan fingerprint density at radius 3 is 2.19 bits per heavy atom. The lowest BCUT2D eigenvalue weighted by Crippen LogP contribution is -1.88. The van der Waals surface area contributed by atoms with Crippen LogP contribution in [-0.4, -0.2) is 24.4 Å². The Kier molecular flexibility index (Phi) is 2.96. The molecular weight excluding hydrogens is 232 g/mol. The predicted molar refractivity (Wildman–Crippen MR) is 57.8 cm³/mol. The smallest absolute Gasteiger partial charge is 0.264 e. The molecule has 16 heavy (non-hydrogen) atoms. The first-order chi connectivity index (χ1) is 7.72. The fraction of sp³-hybridized carbons (Fsp3) is 0.200. The van der Waals surface area contributed by atoms with Gasteiger partial charge in [-0.2, -0.15) is 4.98 Å². The van der Waals surface area contributed by atoms with Gasteiger partial charge in [-0.1, -0.05) is 0 Å². The minimum Gasteiger partial charge on any atom is -0.497 e. The molecule has 0 fully saturated rings. The van der Waals surface area contributed by atoms with Gasteiger partial charge in [0.1, 0.15) is 11.5 Å². The highest BCUT2D eigenvalue weighted by atomic mass is 35.5. The minimum absolute atomic E-state index is 0.0665. The molecular formula is C10H9ClN2O3. The molecule has 0 unspecified atom stereocenters. The maximum Gasteiger partial charge on any atom is 0.264 e. The van der Waals surface area contributed by atoms with Crippen molar-refractivity contribution in [2.24, 2.45) is 0 Å². The lowest BCUT2D eigenvalue weighted by atomic mass is 10.2. The second-order valence-corrected chi connectivity index (χ2v) is 3.31. The van der Waals surface area contributed by atoms with E-state index < -0.39 is 0 Å². The minimum atomic E-state index is 0.0665. The van der Waals surface area contributed by atoms with Crippen LogP contribution in [0, 0.1) is 0 Å². The van der Waals surface area contributed by atoms with Crippen molar-refractivity contribution in [3.8, 4) is 23.0 Å². The number of methoxy groups -OCH3 is 2. The van der Waals surface area contributed by atoms with Crippen LogP contribution >= 0.6 is 11.6 Å². The van der Waals surface area contributed by atoms with Gasteiger partial charge in [-0.3, -0.25) is 0 Å². The highest BCUT2D eigenvalue weighted by molar-refractivity contribution is 6.28. The Balaban J connectivity index is 2.47. The van der Waals surface area contributed by atoms with E-state index in [0.717, 1.165) is 0 Å². The summed E-state index contributed by atoms with van der Waals surface area (Å²) in [5.41, 5.74) is 0.690. The molecule has 0 amide bonds. The molecule has 6 heteroatoms. The lowest BCUT2D eigenvalue weighted by Gasteiger charge is -2.05. The fourth-order valence-electron chi connectivity index (χ4n) is 1.25. The van der Waals surface area contributed by atoms with Gasteiger partial charge in [-0.15, -0.1) is 0 Å². The quantitative estimate of drug-likeness (QED) is 0.825. The predicted octanol–water partition coefficient (Wildman–Crippen LogP) is 2.41. The van der Waals surface area contributed by atoms with E-state index in [4.69, 9.17) is 25.6 Å². The molecule has 84 valence electrons. The van der Waals surface area contributed by atoms with Gasteiger partial charge >= 0.3 is 0 Å². The van der Waals surface area contributed by atoms with Crippen molar-refractivity contribution in [1.29, 1.82) is 0 Å². The van der Waals surface area contributed by atoms with Crippen LogP contribution in [0.4, 0.5) is 0 Å². The molecule has 0 spiro atoms. The Morgan fingerprint density at radius 2 is 1.75 bits per heavy atom. The zero-order chi connectivity index (χ0) is 11.5. The average molecular weight is 241 g/mol. The van der Waals surface area contributed by atoms with Crippen LogP contribution in [0.5, 0.6) is 11.5 Å². The molecule has 1 heterocycles. The van der Waals surface area contributed by atoms with Crippen LogP contribution in [0.3, 0.4) is 0 Å². The van der Waals surface area contributed by atoms with Crippen LogP contribution < -0.4 is 9.47 Å². The van der Waals surface area contributed by atoms with Crippen molar-refractivity contribution in [3.05, 3.63) is 23.5 Å². The van der Waals surface area contributed by atoms with Crippen molar-refractivity contribution in [2.45, 2.75) is 0 Å². The number of ether oxygens (including phenoxy) is 2. The van der Waals surface area contributed by atoms with Gasteiger partial charge in [-0.25, -0.2) is 0 Å². The molecule has 5 nitrogen and oxygen atoms in total. The van der Waals surface area contributed by atoms with Gasteiger partial charge < -0.3 is 14.0 Å². The van der Waals surface area contributed by atoms with Crippen molar-refractivity contribution in [3.63, 3.8) is 0 Å². The normalized spacial score (nSPS) is 10.2. The molecule has 0 aliphatic carbocycles. The second kappa shape index (κ2) is 4.40. The van der Waals surface area contributed by atoms with Crippen molar-refractivity contribution >= 4 is 11.6 Å². The molecule has 2 aromatic rings. The molecule has 1 aromatic heterocycles. The van der Waals surface area contributed by atoms with Crippen LogP contribution in [-0.2, 0) is 0 Å². The summed E-state index contributed by atoms with van der Waals surface area (Å²) >= 11 is 5.58. The third kappa shape index (κ3) is 2.09. The summed E-state index contributed by atoms with van der Waals surface area (Å²) in [5.74, 6) is 1.61. The first-order valence-electron chi connectivity index (χ1n) is 4.45. The molecule has 0 N–H and O–H groups in total. The molecule has 1 aromatic carbocycles.